The topological polar surface area (TPSA) is 55.4 Å². The van der Waals surface area contributed by atoms with Crippen molar-refractivity contribution >= 4 is 10.0 Å². The summed E-state index contributed by atoms with van der Waals surface area (Å²) in [4.78, 5) is 0.122. The second kappa shape index (κ2) is 6.26. The van der Waals surface area contributed by atoms with Gasteiger partial charge in [0, 0.05) is 5.70 Å². The highest BCUT2D eigenvalue weighted by atomic mass is 32.2. The van der Waals surface area contributed by atoms with E-state index in [0.717, 1.165) is 0 Å². The molecule has 0 spiro atoms. The second-order valence-corrected chi connectivity index (χ2v) is 5.15. The van der Waals surface area contributed by atoms with Crippen LogP contribution < -0.4 is 9.46 Å². The summed E-state index contributed by atoms with van der Waals surface area (Å²) in [5.41, 5.74) is 0.517. The Morgan fingerprint density at radius 1 is 1.28 bits per heavy atom. The highest BCUT2D eigenvalue weighted by molar-refractivity contribution is 7.89. The molecule has 1 N–H and O–H groups in total. The molecule has 98 valence electrons. The minimum atomic E-state index is -3.63. The maximum absolute atomic E-state index is 12.2. The lowest BCUT2D eigenvalue weighted by Gasteiger charge is -2.11. The predicted octanol–water partition coefficient (Wildman–Crippen LogP) is 2.45. The molecule has 0 aliphatic heterocycles. The van der Waals surface area contributed by atoms with Crippen molar-refractivity contribution in [3.8, 4) is 5.75 Å². The molecule has 1 aromatic carbocycles. The van der Waals surface area contributed by atoms with Gasteiger partial charge in [0.15, 0.2) is 0 Å². The Bertz CT molecular complexity index is 559. The van der Waals surface area contributed by atoms with Crippen molar-refractivity contribution in [2.45, 2.75) is 18.7 Å². The predicted molar refractivity (Wildman–Crippen MR) is 71.9 cm³/mol. The van der Waals surface area contributed by atoms with Crippen molar-refractivity contribution in [2.75, 3.05) is 7.11 Å². The van der Waals surface area contributed by atoms with Crippen molar-refractivity contribution in [3.05, 3.63) is 48.2 Å². The Balaban J connectivity index is 3.14. The van der Waals surface area contributed by atoms with Crippen molar-refractivity contribution in [1.82, 2.24) is 4.72 Å². The first-order valence-corrected chi connectivity index (χ1v) is 6.98. The van der Waals surface area contributed by atoms with E-state index >= 15 is 0 Å². The quantitative estimate of drug-likeness (QED) is 0.834. The molecule has 0 unspecified atom stereocenters. The van der Waals surface area contributed by atoms with E-state index in [4.69, 9.17) is 4.74 Å². The van der Waals surface area contributed by atoms with Gasteiger partial charge in [0.25, 0.3) is 10.0 Å². The molecular formula is C13H17NO3S. The summed E-state index contributed by atoms with van der Waals surface area (Å²) >= 11 is 0. The van der Waals surface area contributed by atoms with Crippen LogP contribution in [0.4, 0.5) is 0 Å². The maximum Gasteiger partial charge on any atom is 0.265 e. The molecule has 0 aliphatic rings. The number of rotatable bonds is 5. The molecule has 0 heterocycles. The highest BCUT2D eigenvalue weighted by Gasteiger charge is 2.18. The monoisotopic (exact) mass is 267 g/mol. The van der Waals surface area contributed by atoms with Crippen LogP contribution in [-0.2, 0) is 10.0 Å². The summed E-state index contributed by atoms with van der Waals surface area (Å²) in [6, 6.07) is 6.49. The Labute approximate surface area is 108 Å². The lowest BCUT2D eigenvalue weighted by Crippen LogP contribution is -2.22. The molecule has 0 aromatic heterocycles. The van der Waals surface area contributed by atoms with E-state index in [1.165, 1.54) is 13.2 Å². The molecule has 1 rings (SSSR count). The number of sulfonamides is 1. The standard InChI is InChI=1S/C13H17NO3S/c1-4-8-11(5-2)14-18(15,16)13-10-7-6-9-12(13)17-3/h4-10,14H,1-3H3/b8-4-,11-5+. The molecule has 5 heteroatoms. The molecule has 4 nitrogen and oxygen atoms in total. The summed E-state index contributed by atoms with van der Waals surface area (Å²) < 4.78 is 31.9. The molecule has 0 bridgehead atoms. The van der Waals surface area contributed by atoms with E-state index in [1.54, 1.807) is 43.4 Å². The third-order valence-corrected chi connectivity index (χ3v) is 3.69. The molecule has 0 amide bonds. The molecule has 18 heavy (non-hydrogen) atoms. The van der Waals surface area contributed by atoms with Crippen LogP contribution in [0.3, 0.4) is 0 Å². The number of methoxy groups -OCH3 is 1. The van der Waals surface area contributed by atoms with E-state index < -0.39 is 10.0 Å². The van der Waals surface area contributed by atoms with Crippen molar-refractivity contribution in [2.24, 2.45) is 0 Å². The van der Waals surface area contributed by atoms with E-state index in [1.807, 2.05) is 6.92 Å². The Morgan fingerprint density at radius 2 is 1.94 bits per heavy atom. The van der Waals surface area contributed by atoms with Crippen LogP contribution in [0.5, 0.6) is 5.75 Å². The maximum atomic E-state index is 12.2. The minimum Gasteiger partial charge on any atom is -0.495 e. The van der Waals surface area contributed by atoms with Crippen molar-refractivity contribution in [1.29, 1.82) is 0 Å². The third-order valence-electron chi connectivity index (χ3n) is 2.27. The Morgan fingerprint density at radius 3 is 2.50 bits per heavy atom. The van der Waals surface area contributed by atoms with Crippen LogP contribution in [0, 0.1) is 0 Å². The summed E-state index contributed by atoms with van der Waals surface area (Å²) in [5, 5.41) is 0. The van der Waals surface area contributed by atoms with Gasteiger partial charge in [-0.1, -0.05) is 24.3 Å². The minimum absolute atomic E-state index is 0.122. The summed E-state index contributed by atoms with van der Waals surface area (Å²) in [6.07, 6.45) is 5.14. The van der Waals surface area contributed by atoms with E-state index in [0.29, 0.717) is 11.4 Å². The molecule has 0 saturated heterocycles. The largest absolute Gasteiger partial charge is 0.495 e. The Hall–Kier alpha value is -1.75. The lowest BCUT2D eigenvalue weighted by atomic mass is 10.3. The van der Waals surface area contributed by atoms with E-state index in [9.17, 15) is 8.42 Å². The van der Waals surface area contributed by atoms with Crippen molar-refractivity contribution < 1.29 is 13.2 Å². The number of para-hydroxylation sites is 1. The average molecular weight is 267 g/mol. The zero-order valence-corrected chi connectivity index (χ0v) is 11.5. The first-order valence-electron chi connectivity index (χ1n) is 5.50. The number of nitrogens with one attached hydrogen (secondary N) is 1. The number of hydrogen-bond acceptors (Lipinski definition) is 3. The molecule has 0 fully saturated rings. The lowest BCUT2D eigenvalue weighted by molar-refractivity contribution is 0.402. The fourth-order valence-corrected chi connectivity index (χ4v) is 2.70. The van der Waals surface area contributed by atoms with Gasteiger partial charge in [-0.05, 0) is 32.1 Å². The third kappa shape index (κ3) is 3.37. The van der Waals surface area contributed by atoms with Gasteiger partial charge in [-0.15, -0.1) is 0 Å². The van der Waals surface area contributed by atoms with Crippen LogP contribution >= 0.6 is 0 Å². The molecule has 1 aromatic rings. The molecular weight excluding hydrogens is 250 g/mol. The van der Waals surface area contributed by atoms with Gasteiger partial charge < -0.3 is 4.74 Å². The van der Waals surface area contributed by atoms with Gasteiger partial charge in [-0.2, -0.15) is 0 Å². The fourth-order valence-electron chi connectivity index (χ4n) is 1.42. The van der Waals surface area contributed by atoms with Crippen LogP contribution in [0.2, 0.25) is 0 Å². The van der Waals surface area contributed by atoms with Crippen LogP contribution in [0.15, 0.2) is 53.1 Å². The molecule has 0 radical (unpaired) electrons. The summed E-state index contributed by atoms with van der Waals surface area (Å²) in [5.74, 6) is 0.320. The number of hydrogen-bond donors (Lipinski definition) is 1. The SMILES string of the molecule is C/C=C\C(=C/C)NS(=O)(=O)c1ccccc1OC. The van der Waals surface area contributed by atoms with Crippen LogP contribution in [-0.4, -0.2) is 15.5 Å². The van der Waals surface area contributed by atoms with E-state index in [2.05, 4.69) is 4.72 Å². The molecule has 0 aliphatic carbocycles. The van der Waals surface area contributed by atoms with Crippen LogP contribution in [0.1, 0.15) is 13.8 Å². The van der Waals surface area contributed by atoms with E-state index in [-0.39, 0.29) is 4.90 Å². The highest BCUT2D eigenvalue weighted by Crippen LogP contribution is 2.23. The second-order valence-electron chi connectivity index (χ2n) is 3.50. The van der Waals surface area contributed by atoms with Crippen LogP contribution in [0.25, 0.3) is 0 Å². The van der Waals surface area contributed by atoms with Crippen molar-refractivity contribution in [3.63, 3.8) is 0 Å². The normalized spacial score (nSPS) is 12.7. The fraction of sp³-hybridized carbons (Fsp3) is 0.231. The first-order chi connectivity index (χ1) is 8.55. The van der Waals surface area contributed by atoms with Gasteiger partial charge in [0.2, 0.25) is 0 Å². The number of benzene rings is 1. The first kappa shape index (κ1) is 14.3. The van der Waals surface area contributed by atoms with Gasteiger partial charge in [0.1, 0.15) is 10.6 Å². The summed E-state index contributed by atoms with van der Waals surface area (Å²) in [6.45, 7) is 3.58. The summed E-state index contributed by atoms with van der Waals surface area (Å²) in [7, 11) is -2.19. The molecule has 0 atom stereocenters. The zero-order valence-electron chi connectivity index (χ0n) is 10.7. The molecule has 0 saturated carbocycles. The van der Waals surface area contributed by atoms with Gasteiger partial charge >= 0.3 is 0 Å². The average Bonchev–Trinajstić information content (AvgIpc) is 2.38. The van der Waals surface area contributed by atoms with Gasteiger partial charge in [-0.25, -0.2) is 8.42 Å². The van der Waals surface area contributed by atoms with Gasteiger partial charge in [-0.3, -0.25) is 4.72 Å². The number of allylic oxidation sites excluding steroid dienone is 3. The zero-order chi connectivity index (χ0) is 13.6. The smallest absolute Gasteiger partial charge is 0.265 e. The Kier molecular flexibility index (Phi) is 4.97. The van der Waals surface area contributed by atoms with Gasteiger partial charge in [0.05, 0.1) is 7.11 Å². The number of ether oxygens (including phenoxy) is 1.